The molecule has 0 saturated heterocycles. The Hall–Kier alpha value is -0.0800. The summed E-state index contributed by atoms with van der Waals surface area (Å²) in [6, 6.07) is 0.578. The molecule has 92 valence electrons. The van der Waals surface area contributed by atoms with E-state index in [1.807, 2.05) is 0 Å². The molecule has 0 heterocycles. The number of nitrogens with one attached hydrogen (secondary N) is 1. The molecule has 15 heavy (non-hydrogen) atoms. The first-order valence-corrected chi connectivity index (χ1v) is 6.37. The Morgan fingerprint density at radius 2 is 1.60 bits per heavy atom. The zero-order valence-electron chi connectivity index (χ0n) is 11.3. The van der Waals surface area contributed by atoms with E-state index >= 15 is 0 Å². The van der Waals surface area contributed by atoms with Gasteiger partial charge < -0.3 is 10.1 Å². The van der Waals surface area contributed by atoms with Gasteiger partial charge in [0.25, 0.3) is 0 Å². The molecular weight excluding hydrogens is 186 g/mol. The summed E-state index contributed by atoms with van der Waals surface area (Å²) < 4.78 is 5.79. The molecule has 0 aliphatic rings. The summed E-state index contributed by atoms with van der Waals surface area (Å²) in [6.07, 6.45) is 1.51. The van der Waals surface area contributed by atoms with Crippen LogP contribution < -0.4 is 5.32 Å². The highest BCUT2D eigenvalue weighted by molar-refractivity contribution is 4.76. The second-order valence-corrected chi connectivity index (χ2v) is 4.88. The van der Waals surface area contributed by atoms with Crippen molar-refractivity contribution in [3.05, 3.63) is 0 Å². The summed E-state index contributed by atoms with van der Waals surface area (Å²) in [6.45, 7) is 15.1. The third kappa shape index (κ3) is 6.16. The van der Waals surface area contributed by atoms with Gasteiger partial charge in [0.05, 0.1) is 6.10 Å². The van der Waals surface area contributed by atoms with E-state index in [1.54, 1.807) is 0 Å². The Balaban J connectivity index is 4.19. The van der Waals surface area contributed by atoms with Crippen LogP contribution in [0.5, 0.6) is 0 Å². The van der Waals surface area contributed by atoms with Crippen LogP contribution in [0.1, 0.15) is 48.0 Å². The van der Waals surface area contributed by atoms with Crippen LogP contribution in [0.15, 0.2) is 0 Å². The summed E-state index contributed by atoms with van der Waals surface area (Å²) in [5.74, 6) is 1.27. The largest absolute Gasteiger partial charge is 0.378 e. The van der Waals surface area contributed by atoms with Gasteiger partial charge in [0, 0.05) is 12.6 Å². The highest BCUT2D eigenvalue weighted by atomic mass is 16.5. The van der Waals surface area contributed by atoms with Crippen molar-refractivity contribution in [3.63, 3.8) is 0 Å². The lowest BCUT2D eigenvalue weighted by Gasteiger charge is -2.29. The maximum atomic E-state index is 5.79. The van der Waals surface area contributed by atoms with Crippen molar-refractivity contribution in [2.45, 2.75) is 60.1 Å². The predicted molar refractivity (Wildman–Crippen MR) is 67.2 cm³/mol. The monoisotopic (exact) mass is 215 g/mol. The fourth-order valence-corrected chi connectivity index (χ4v) is 1.85. The minimum Gasteiger partial charge on any atom is -0.378 e. The molecule has 0 rings (SSSR count). The molecular formula is C13H29NO. The third-order valence-corrected chi connectivity index (χ3v) is 2.88. The SMILES string of the molecule is CCNC(CC(OCC)C(C)C)C(C)C. The fraction of sp³-hybridized carbons (Fsp3) is 1.00. The lowest BCUT2D eigenvalue weighted by Crippen LogP contribution is -2.39. The van der Waals surface area contributed by atoms with Crippen LogP contribution in [0, 0.1) is 11.8 Å². The standard InChI is InChI=1S/C13H29NO/c1-7-14-12(10(3)4)9-13(11(5)6)15-8-2/h10-14H,7-9H2,1-6H3. The molecule has 0 bridgehead atoms. The quantitative estimate of drug-likeness (QED) is 0.672. The van der Waals surface area contributed by atoms with Gasteiger partial charge in [0.2, 0.25) is 0 Å². The van der Waals surface area contributed by atoms with Crippen molar-refractivity contribution in [3.8, 4) is 0 Å². The molecule has 2 unspecified atom stereocenters. The molecule has 0 aliphatic heterocycles. The van der Waals surface area contributed by atoms with Crippen LogP contribution in [-0.2, 0) is 4.74 Å². The molecule has 0 aromatic rings. The van der Waals surface area contributed by atoms with Crippen LogP contribution in [0.2, 0.25) is 0 Å². The van der Waals surface area contributed by atoms with E-state index in [0.717, 1.165) is 19.6 Å². The maximum absolute atomic E-state index is 5.79. The van der Waals surface area contributed by atoms with Crippen LogP contribution >= 0.6 is 0 Å². The van der Waals surface area contributed by atoms with Crippen molar-refractivity contribution in [2.75, 3.05) is 13.2 Å². The average Bonchev–Trinajstić information content (AvgIpc) is 2.15. The first-order valence-electron chi connectivity index (χ1n) is 6.37. The maximum Gasteiger partial charge on any atom is 0.0612 e. The summed E-state index contributed by atoms with van der Waals surface area (Å²) >= 11 is 0. The van der Waals surface area contributed by atoms with E-state index in [-0.39, 0.29) is 0 Å². The smallest absolute Gasteiger partial charge is 0.0612 e. The van der Waals surface area contributed by atoms with Gasteiger partial charge in [0.1, 0.15) is 0 Å². The Morgan fingerprint density at radius 1 is 1.00 bits per heavy atom. The van der Waals surface area contributed by atoms with Crippen molar-refractivity contribution in [1.29, 1.82) is 0 Å². The first-order chi connectivity index (χ1) is 7.02. The molecule has 0 radical (unpaired) electrons. The Kier molecular flexibility index (Phi) is 8.07. The topological polar surface area (TPSA) is 21.3 Å². The van der Waals surface area contributed by atoms with Gasteiger partial charge in [-0.15, -0.1) is 0 Å². The number of ether oxygens (including phenoxy) is 1. The Bertz CT molecular complexity index is 129. The van der Waals surface area contributed by atoms with Crippen molar-refractivity contribution < 1.29 is 4.74 Å². The predicted octanol–water partition coefficient (Wildman–Crippen LogP) is 3.07. The van der Waals surface area contributed by atoms with Crippen molar-refractivity contribution in [1.82, 2.24) is 5.32 Å². The average molecular weight is 215 g/mol. The van der Waals surface area contributed by atoms with Gasteiger partial charge in [-0.1, -0.05) is 34.6 Å². The van der Waals surface area contributed by atoms with E-state index in [0.29, 0.717) is 24.0 Å². The molecule has 2 atom stereocenters. The van der Waals surface area contributed by atoms with E-state index in [4.69, 9.17) is 4.74 Å². The minimum absolute atomic E-state index is 0.390. The van der Waals surface area contributed by atoms with E-state index in [9.17, 15) is 0 Å². The zero-order valence-corrected chi connectivity index (χ0v) is 11.3. The highest BCUT2D eigenvalue weighted by Crippen LogP contribution is 2.17. The van der Waals surface area contributed by atoms with E-state index in [2.05, 4.69) is 46.9 Å². The molecule has 0 aromatic carbocycles. The second-order valence-electron chi connectivity index (χ2n) is 4.88. The number of hydrogen-bond donors (Lipinski definition) is 1. The lowest BCUT2D eigenvalue weighted by atomic mass is 9.93. The zero-order chi connectivity index (χ0) is 11.8. The molecule has 2 nitrogen and oxygen atoms in total. The summed E-state index contributed by atoms with van der Waals surface area (Å²) in [5.41, 5.74) is 0. The van der Waals surface area contributed by atoms with Gasteiger partial charge in [-0.2, -0.15) is 0 Å². The van der Waals surface area contributed by atoms with E-state index < -0.39 is 0 Å². The molecule has 0 aliphatic carbocycles. The molecule has 2 heteroatoms. The molecule has 0 fully saturated rings. The van der Waals surface area contributed by atoms with Crippen LogP contribution in [0.4, 0.5) is 0 Å². The molecule has 0 saturated carbocycles. The Labute approximate surface area is 95.8 Å². The first kappa shape index (κ1) is 14.9. The van der Waals surface area contributed by atoms with Crippen molar-refractivity contribution in [2.24, 2.45) is 11.8 Å². The summed E-state index contributed by atoms with van der Waals surface area (Å²) in [7, 11) is 0. The molecule has 0 aromatic heterocycles. The van der Waals surface area contributed by atoms with Gasteiger partial charge >= 0.3 is 0 Å². The molecule has 1 N–H and O–H groups in total. The van der Waals surface area contributed by atoms with Crippen LogP contribution in [0.3, 0.4) is 0 Å². The minimum atomic E-state index is 0.390. The number of hydrogen-bond acceptors (Lipinski definition) is 2. The van der Waals surface area contributed by atoms with Crippen LogP contribution in [0.25, 0.3) is 0 Å². The third-order valence-electron chi connectivity index (χ3n) is 2.88. The lowest BCUT2D eigenvalue weighted by molar-refractivity contribution is 0.0144. The Morgan fingerprint density at radius 3 is 1.93 bits per heavy atom. The molecule has 0 amide bonds. The summed E-state index contributed by atoms with van der Waals surface area (Å²) in [5, 5.41) is 3.55. The second kappa shape index (κ2) is 8.12. The van der Waals surface area contributed by atoms with Gasteiger partial charge in [0.15, 0.2) is 0 Å². The summed E-state index contributed by atoms with van der Waals surface area (Å²) in [4.78, 5) is 0. The highest BCUT2D eigenvalue weighted by Gasteiger charge is 2.21. The molecule has 0 spiro atoms. The van der Waals surface area contributed by atoms with Gasteiger partial charge in [-0.25, -0.2) is 0 Å². The van der Waals surface area contributed by atoms with Crippen molar-refractivity contribution >= 4 is 0 Å². The fourth-order valence-electron chi connectivity index (χ4n) is 1.85. The number of rotatable bonds is 8. The van der Waals surface area contributed by atoms with E-state index in [1.165, 1.54) is 0 Å². The normalized spacial score (nSPS) is 16.0. The van der Waals surface area contributed by atoms with Gasteiger partial charge in [-0.3, -0.25) is 0 Å². The van der Waals surface area contributed by atoms with Gasteiger partial charge in [-0.05, 0) is 31.7 Å². The van der Waals surface area contributed by atoms with Crippen LogP contribution in [-0.4, -0.2) is 25.3 Å².